The fourth-order valence-electron chi connectivity index (χ4n) is 3.94. The van der Waals surface area contributed by atoms with Crippen molar-refractivity contribution < 1.29 is 4.79 Å². The normalized spacial score (nSPS) is 11.8. The Labute approximate surface area is 195 Å². The Kier molecular flexibility index (Phi) is 6.05. The van der Waals surface area contributed by atoms with Gasteiger partial charge in [-0.15, -0.1) is 0 Å². The fourth-order valence-corrected chi connectivity index (χ4v) is 3.94. The zero-order valence-corrected chi connectivity index (χ0v) is 19.8. The van der Waals surface area contributed by atoms with Crippen molar-refractivity contribution in [3.05, 3.63) is 107 Å². The molecular weight excluding hydrogens is 408 g/mol. The molecule has 4 rings (SSSR count). The SMILES string of the molecule is Cc1cc(/C=N/NC(=O)c2ccc(-n3cccc3)cc2)c(C)n1-c1ccc(C(C)(C)C)cc1. The minimum absolute atomic E-state index is 0.123. The van der Waals surface area contributed by atoms with Gasteiger partial charge in [-0.3, -0.25) is 4.79 Å². The van der Waals surface area contributed by atoms with Crippen molar-refractivity contribution in [1.29, 1.82) is 0 Å². The summed E-state index contributed by atoms with van der Waals surface area (Å²) in [5.74, 6) is -0.239. The Hall–Kier alpha value is -3.86. The van der Waals surface area contributed by atoms with Gasteiger partial charge in [-0.1, -0.05) is 32.9 Å². The molecule has 0 bridgehead atoms. The highest BCUT2D eigenvalue weighted by molar-refractivity contribution is 5.95. The van der Waals surface area contributed by atoms with Crippen LogP contribution in [-0.4, -0.2) is 21.3 Å². The summed E-state index contributed by atoms with van der Waals surface area (Å²) >= 11 is 0. The first-order chi connectivity index (χ1) is 15.7. The Bertz CT molecular complexity index is 1270. The lowest BCUT2D eigenvalue weighted by atomic mass is 9.87. The van der Waals surface area contributed by atoms with Gasteiger partial charge < -0.3 is 9.13 Å². The highest BCUT2D eigenvalue weighted by Gasteiger charge is 2.15. The maximum atomic E-state index is 12.5. The first-order valence-corrected chi connectivity index (χ1v) is 11.1. The van der Waals surface area contributed by atoms with Gasteiger partial charge in [0.05, 0.1) is 6.21 Å². The molecule has 0 spiro atoms. The maximum Gasteiger partial charge on any atom is 0.271 e. The molecule has 0 saturated heterocycles. The fraction of sp³-hybridized carbons (Fsp3) is 0.214. The van der Waals surface area contributed by atoms with Crippen molar-refractivity contribution in [2.45, 2.75) is 40.0 Å². The summed E-state index contributed by atoms with van der Waals surface area (Å²) in [6.07, 6.45) is 5.64. The van der Waals surface area contributed by atoms with E-state index in [9.17, 15) is 4.79 Å². The molecule has 4 aromatic rings. The second-order valence-electron chi connectivity index (χ2n) is 9.30. The van der Waals surface area contributed by atoms with E-state index in [1.165, 1.54) is 5.56 Å². The second-order valence-corrected chi connectivity index (χ2v) is 9.30. The molecule has 2 heterocycles. The predicted molar refractivity (Wildman–Crippen MR) is 135 cm³/mol. The first-order valence-electron chi connectivity index (χ1n) is 11.1. The monoisotopic (exact) mass is 438 g/mol. The van der Waals surface area contributed by atoms with E-state index in [-0.39, 0.29) is 11.3 Å². The summed E-state index contributed by atoms with van der Waals surface area (Å²) in [6, 6.07) is 22.1. The van der Waals surface area contributed by atoms with Crippen molar-refractivity contribution in [2.24, 2.45) is 5.10 Å². The summed E-state index contributed by atoms with van der Waals surface area (Å²) in [6.45, 7) is 10.8. The molecule has 0 radical (unpaired) electrons. The number of hydrogen-bond donors (Lipinski definition) is 1. The van der Waals surface area contributed by atoms with Gasteiger partial charge in [0.2, 0.25) is 0 Å². The molecular formula is C28H30N4O. The van der Waals surface area contributed by atoms with Crippen molar-refractivity contribution in [2.75, 3.05) is 0 Å². The highest BCUT2D eigenvalue weighted by atomic mass is 16.2. The van der Waals surface area contributed by atoms with Gasteiger partial charge in [-0.2, -0.15) is 5.10 Å². The Balaban J connectivity index is 1.46. The van der Waals surface area contributed by atoms with Crippen molar-refractivity contribution in [3.63, 3.8) is 0 Å². The molecule has 0 aliphatic heterocycles. The molecule has 0 unspecified atom stereocenters. The zero-order chi connectivity index (χ0) is 23.6. The van der Waals surface area contributed by atoms with Crippen LogP contribution in [0.1, 0.15) is 53.6 Å². The quantitative estimate of drug-likeness (QED) is 0.304. The van der Waals surface area contributed by atoms with Gasteiger partial charge in [0.15, 0.2) is 0 Å². The highest BCUT2D eigenvalue weighted by Crippen LogP contribution is 2.25. The molecule has 5 heteroatoms. The van der Waals surface area contributed by atoms with E-state index in [0.717, 1.165) is 28.3 Å². The lowest BCUT2D eigenvalue weighted by molar-refractivity contribution is 0.0955. The molecule has 0 fully saturated rings. The van der Waals surface area contributed by atoms with E-state index in [4.69, 9.17) is 0 Å². The van der Waals surface area contributed by atoms with Crippen LogP contribution in [0, 0.1) is 13.8 Å². The molecule has 33 heavy (non-hydrogen) atoms. The lowest BCUT2D eigenvalue weighted by Crippen LogP contribution is -2.17. The van der Waals surface area contributed by atoms with Gasteiger partial charge in [0.1, 0.15) is 0 Å². The van der Waals surface area contributed by atoms with Gasteiger partial charge >= 0.3 is 0 Å². The number of aryl methyl sites for hydroxylation is 1. The average Bonchev–Trinajstić information content (AvgIpc) is 3.42. The van der Waals surface area contributed by atoms with Crippen LogP contribution in [0.25, 0.3) is 11.4 Å². The summed E-state index contributed by atoms with van der Waals surface area (Å²) in [5.41, 5.74) is 9.90. The molecule has 168 valence electrons. The van der Waals surface area contributed by atoms with Crippen LogP contribution in [-0.2, 0) is 5.41 Å². The van der Waals surface area contributed by atoms with E-state index >= 15 is 0 Å². The topological polar surface area (TPSA) is 51.3 Å². The van der Waals surface area contributed by atoms with E-state index in [0.29, 0.717) is 5.56 Å². The molecule has 0 saturated carbocycles. The largest absolute Gasteiger partial charge is 0.324 e. The molecule has 2 aromatic carbocycles. The van der Waals surface area contributed by atoms with E-state index in [1.54, 1.807) is 18.3 Å². The maximum absolute atomic E-state index is 12.5. The molecule has 0 atom stereocenters. The van der Waals surface area contributed by atoms with Gasteiger partial charge in [0, 0.05) is 46.3 Å². The Morgan fingerprint density at radius 1 is 0.909 bits per heavy atom. The van der Waals surface area contributed by atoms with E-state index < -0.39 is 0 Å². The van der Waals surface area contributed by atoms with Gasteiger partial charge in [0.25, 0.3) is 5.91 Å². The van der Waals surface area contributed by atoms with Crippen LogP contribution < -0.4 is 5.43 Å². The molecule has 0 aliphatic carbocycles. The smallest absolute Gasteiger partial charge is 0.271 e. The van der Waals surface area contributed by atoms with Crippen molar-refractivity contribution in [3.8, 4) is 11.4 Å². The molecule has 0 aliphatic rings. The third-order valence-corrected chi connectivity index (χ3v) is 5.86. The first kappa shape index (κ1) is 22.3. The summed E-state index contributed by atoms with van der Waals surface area (Å²) in [4.78, 5) is 12.5. The van der Waals surface area contributed by atoms with Crippen molar-refractivity contribution >= 4 is 12.1 Å². The van der Waals surface area contributed by atoms with Crippen LogP contribution in [0.4, 0.5) is 0 Å². The van der Waals surface area contributed by atoms with Crippen LogP contribution in [0.2, 0.25) is 0 Å². The number of hydrazone groups is 1. The average molecular weight is 439 g/mol. The molecule has 1 amide bonds. The predicted octanol–water partition coefficient (Wildman–Crippen LogP) is 5.95. The molecule has 2 aromatic heterocycles. The second kappa shape index (κ2) is 8.94. The van der Waals surface area contributed by atoms with Gasteiger partial charge in [-0.25, -0.2) is 5.43 Å². The van der Waals surface area contributed by atoms with Crippen LogP contribution in [0.15, 0.2) is 84.2 Å². The number of hydrogen-bond acceptors (Lipinski definition) is 2. The van der Waals surface area contributed by atoms with Crippen LogP contribution in [0.5, 0.6) is 0 Å². The number of nitrogens with zero attached hydrogens (tertiary/aromatic N) is 3. The number of carbonyl (C=O) groups is 1. The van der Waals surface area contributed by atoms with Gasteiger partial charge in [-0.05, 0) is 79.4 Å². The van der Waals surface area contributed by atoms with Crippen molar-refractivity contribution in [1.82, 2.24) is 14.6 Å². The summed E-state index contributed by atoms with van der Waals surface area (Å²) in [5, 5.41) is 4.20. The number of amides is 1. The Morgan fingerprint density at radius 3 is 2.12 bits per heavy atom. The number of nitrogens with one attached hydrogen (secondary N) is 1. The number of carbonyl (C=O) groups excluding carboxylic acids is 1. The minimum Gasteiger partial charge on any atom is -0.324 e. The van der Waals surface area contributed by atoms with E-state index in [1.807, 2.05) is 41.2 Å². The number of rotatable bonds is 5. The molecule has 1 N–H and O–H groups in total. The number of benzene rings is 2. The zero-order valence-electron chi connectivity index (χ0n) is 19.8. The lowest BCUT2D eigenvalue weighted by Gasteiger charge is -2.20. The Morgan fingerprint density at radius 2 is 1.52 bits per heavy atom. The number of aromatic nitrogens is 2. The van der Waals surface area contributed by atoms with Crippen LogP contribution >= 0.6 is 0 Å². The standard InChI is InChI=1S/C28H30N4O/c1-20-18-23(21(2)32(20)26-14-10-24(11-15-26)28(3,4)5)19-29-30-27(33)22-8-12-25(13-9-22)31-16-6-7-17-31/h6-19H,1-5H3,(H,30,33)/b29-19+. The third-order valence-electron chi connectivity index (χ3n) is 5.86. The summed E-state index contributed by atoms with van der Waals surface area (Å²) in [7, 11) is 0. The van der Waals surface area contributed by atoms with Crippen LogP contribution in [0.3, 0.4) is 0 Å². The minimum atomic E-state index is -0.239. The molecule has 5 nitrogen and oxygen atoms in total. The third kappa shape index (κ3) is 4.82. The summed E-state index contributed by atoms with van der Waals surface area (Å²) < 4.78 is 4.20. The van der Waals surface area contributed by atoms with E-state index in [2.05, 4.69) is 80.0 Å².